The molecular formula is C11H22N2O2. The van der Waals surface area contributed by atoms with Crippen LogP contribution in [-0.4, -0.2) is 38.3 Å². The average Bonchev–Trinajstić information content (AvgIpc) is 2.27. The molecule has 0 saturated carbocycles. The van der Waals surface area contributed by atoms with Crippen LogP contribution in [0.2, 0.25) is 0 Å². The Kier molecular flexibility index (Phi) is 4.54. The lowest BCUT2D eigenvalue weighted by Gasteiger charge is -2.37. The van der Waals surface area contributed by atoms with E-state index in [-0.39, 0.29) is 17.4 Å². The minimum absolute atomic E-state index is 0.0306. The van der Waals surface area contributed by atoms with Crippen LogP contribution < -0.4 is 10.6 Å². The Morgan fingerprint density at radius 2 is 2.00 bits per heavy atom. The van der Waals surface area contributed by atoms with Gasteiger partial charge in [0.1, 0.15) is 0 Å². The van der Waals surface area contributed by atoms with Gasteiger partial charge < -0.3 is 15.4 Å². The van der Waals surface area contributed by atoms with Gasteiger partial charge in [-0.3, -0.25) is 4.79 Å². The van der Waals surface area contributed by atoms with Gasteiger partial charge in [-0.25, -0.2) is 0 Å². The Hall–Kier alpha value is -0.610. The maximum atomic E-state index is 11.5. The number of rotatable bonds is 4. The van der Waals surface area contributed by atoms with Gasteiger partial charge >= 0.3 is 0 Å². The van der Waals surface area contributed by atoms with E-state index in [1.165, 1.54) is 0 Å². The Balaban J connectivity index is 2.42. The molecule has 0 radical (unpaired) electrons. The number of carbonyl (C=O) groups is 1. The van der Waals surface area contributed by atoms with Crippen LogP contribution >= 0.6 is 0 Å². The van der Waals surface area contributed by atoms with Crippen molar-refractivity contribution in [3.63, 3.8) is 0 Å². The predicted molar refractivity (Wildman–Crippen MR) is 59.7 cm³/mol. The van der Waals surface area contributed by atoms with E-state index in [1.807, 2.05) is 20.9 Å². The minimum Gasteiger partial charge on any atom is -0.381 e. The largest absolute Gasteiger partial charge is 0.381 e. The van der Waals surface area contributed by atoms with Crippen molar-refractivity contribution in [1.82, 2.24) is 10.6 Å². The normalized spacial score (nSPS) is 20.3. The standard InChI is InChI=1S/C11H22N2O2/c1-9(2)10(14)13-8-11(12-3)4-6-15-7-5-11/h9,12H,4-8H2,1-3H3,(H,13,14). The fraction of sp³-hybridized carbons (Fsp3) is 0.909. The first kappa shape index (κ1) is 12.5. The number of hydrogen-bond donors (Lipinski definition) is 2. The SMILES string of the molecule is CNC1(CNC(=O)C(C)C)CCOCC1. The first-order chi connectivity index (χ1) is 7.09. The summed E-state index contributed by atoms with van der Waals surface area (Å²) in [5.74, 6) is 0.176. The fourth-order valence-electron chi connectivity index (χ4n) is 1.74. The molecule has 0 aliphatic carbocycles. The number of amides is 1. The molecule has 1 rings (SSSR count). The van der Waals surface area contributed by atoms with Crippen LogP contribution in [0.3, 0.4) is 0 Å². The second-order valence-electron chi connectivity index (χ2n) is 4.52. The van der Waals surface area contributed by atoms with E-state index >= 15 is 0 Å². The van der Waals surface area contributed by atoms with Gasteiger partial charge in [0.25, 0.3) is 0 Å². The van der Waals surface area contributed by atoms with Crippen molar-refractivity contribution in [2.45, 2.75) is 32.2 Å². The van der Waals surface area contributed by atoms with Crippen molar-refractivity contribution < 1.29 is 9.53 Å². The van der Waals surface area contributed by atoms with Crippen LogP contribution in [0.1, 0.15) is 26.7 Å². The molecule has 0 atom stereocenters. The molecule has 0 aromatic rings. The molecule has 4 heteroatoms. The van der Waals surface area contributed by atoms with Gasteiger partial charge in [-0.2, -0.15) is 0 Å². The number of hydrogen-bond acceptors (Lipinski definition) is 3. The number of carbonyl (C=O) groups excluding carboxylic acids is 1. The summed E-state index contributed by atoms with van der Waals surface area (Å²) in [4.78, 5) is 11.5. The zero-order valence-electron chi connectivity index (χ0n) is 9.93. The summed E-state index contributed by atoms with van der Waals surface area (Å²) < 4.78 is 5.33. The maximum Gasteiger partial charge on any atom is 0.222 e. The summed E-state index contributed by atoms with van der Waals surface area (Å²) in [6, 6.07) is 0. The first-order valence-corrected chi connectivity index (χ1v) is 5.64. The van der Waals surface area contributed by atoms with Crippen LogP contribution in [0.5, 0.6) is 0 Å². The molecule has 1 amide bonds. The van der Waals surface area contributed by atoms with E-state index in [0.29, 0.717) is 6.54 Å². The van der Waals surface area contributed by atoms with E-state index in [4.69, 9.17) is 4.74 Å². The third-order valence-corrected chi connectivity index (χ3v) is 3.11. The van der Waals surface area contributed by atoms with Crippen LogP contribution in [0.4, 0.5) is 0 Å². The second kappa shape index (κ2) is 5.47. The lowest BCUT2D eigenvalue weighted by molar-refractivity contribution is -0.124. The summed E-state index contributed by atoms with van der Waals surface area (Å²) in [6.07, 6.45) is 1.92. The van der Waals surface area contributed by atoms with E-state index in [0.717, 1.165) is 26.1 Å². The van der Waals surface area contributed by atoms with Crippen molar-refractivity contribution in [3.8, 4) is 0 Å². The molecule has 2 N–H and O–H groups in total. The summed E-state index contributed by atoms with van der Waals surface area (Å²) in [5, 5.41) is 6.30. The summed E-state index contributed by atoms with van der Waals surface area (Å²) in [7, 11) is 1.95. The van der Waals surface area contributed by atoms with Gasteiger partial charge in [0.15, 0.2) is 0 Å². The molecule has 1 saturated heterocycles. The summed E-state index contributed by atoms with van der Waals surface area (Å²) >= 11 is 0. The van der Waals surface area contributed by atoms with Crippen molar-refractivity contribution in [2.24, 2.45) is 5.92 Å². The van der Waals surface area contributed by atoms with Crippen molar-refractivity contribution in [1.29, 1.82) is 0 Å². The monoisotopic (exact) mass is 214 g/mol. The lowest BCUT2D eigenvalue weighted by Crippen LogP contribution is -2.55. The fourth-order valence-corrected chi connectivity index (χ4v) is 1.74. The van der Waals surface area contributed by atoms with Gasteiger partial charge in [0, 0.05) is 31.2 Å². The number of nitrogens with one attached hydrogen (secondary N) is 2. The van der Waals surface area contributed by atoms with Gasteiger partial charge in [0.05, 0.1) is 0 Å². The van der Waals surface area contributed by atoms with E-state index in [2.05, 4.69) is 10.6 Å². The first-order valence-electron chi connectivity index (χ1n) is 5.64. The predicted octanol–water partition coefficient (Wildman–Crippen LogP) is 0.527. The quantitative estimate of drug-likeness (QED) is 0.717. The van der Waals surface area contributed by atoms with Crippen LogP contribution in [-0.2, 0) is 9.53 Å². The van der Waals surface area contributed by atoms with Crippen molar-refractivity contribution in [3.05, 3.63) is 0 Å². The summed E-state index contributed by atoms with van der Waals surface area (Å²) in [5.41, 5.74) is 0.0306. The molecule has 1 aliphatic heterocycles. The average molecular weight is 214 g/mol. The number of likely N-dealkylation sites (N-methyl/N-ethyl adjacent to an activating group) is 1. The molecule has 1 aliphatic rings. The minimum atomic E-state index is 0.0306. The highest BCUT2D eigenvalue weighted by molar-refractivity contribution is 5.77. The third-order valence-electron chi connectivity index (χ3n) is 3.11. The molecule has 1 fully saturated rings. The highest BCUT2D eigenvalue weighted by atomic mass is 16.5. The molecule has 0 bridgehead atoms. The highest BCUT2D eigenvalue weighted by Crippen LogP contribution is 2.19. The van der Waals surface area contributed by atoms with E-state index in [1.54, 1.807) is 0 Å². The molecule has 1 heterocycles. The number of ether oxygens (including phenoxy) is 1. The maximum absolute atomic E-state index is 11.5. The summed E-state index contributed by atoms with van der Waals surface area (Å²) in [6.45, 7) is 6.07. The smallest absolute Gasteiger partial charge is 0.222 e. The molecule has 15 heavy (non-hydrogen) atoms. The highest BCUT2D eigenvalue weighted by Gasteiger charge is 2.31. The Labute approximate surface area is 91.8 Å². The van der Waals surface area contributed by atoms with Crippen LogP contribution in [0, 0.1) is 5.92 Å². The van der Waals surface area contributed by atoms with Gasteiger partial charge in [0.2, 0.25) is 5.91 Å². The molecule has 0 aromatic heterocycles. The van der Waals surface area contributed by atoms with Crippen LogP contribution in [0.25, 0.3) is 0 Å². The van der Waals surface area contributed by atoms with Crippen molar-refractivity contribution >= 4 is 5.91 Å². The van der Waals surface area contributed by atoms with Gasteiger partial charge in [-0.1, -0.05) is 13.8 Å². The third kappa shape index (κ3) is 3.47. The van der Waals surface area contributed by atoms with E-state index < -0.39 is 0 Å². The molecule has 0 spiro atoms. The Morgan fingerprint density at radius 3 is 2.47 bits per heavy atom. The van der Waals surface area contributed by atoms with Gasteiger partial charge in [-0.15, -0.1) is 0 Å². The molecule has 0 aromatic carbocycles. The zero-order chi connectivity index (χ0) is 11.3. The Morgan fingerprint density at radius 1 is 1.40 bits per heavy atom. The van der Waals surface area contributed by atoms with Crippen LogP contribution in [0.15, 0.2) is 0 Å². The molecule has 4 nitrogen and oxygen atoms in total. The molecular weight excluding hydrogens is 192 g/mol. The van der Waals surface area contributed by atoms with Gasteiger partial charge in [-0.05, 0) is 19.9 Å². The second-order valence-corrected chi connectivity index (χ2v) is 4.52. The van der Waals surface area contributed by atoms with Crippen molar-refractivity contribution in [2.75, 3.05) is 26.8 Å². The lowest BCUT2D eigenvalue weighted by atomic mass is 9.90. The Bertz CT molecular complexity index is 211. The molecule has 88 valence electrons. The molecule has 0 unspecified atom stereocenters. The topological polar surface area (TPSA) is 50.4 Å². The zero-order valence-corrected chi connectivity index (χ0v) is 9.93. The van der Waals surface area contributed by atoms with E-state index in [9.17, 15) is 4.79 Å².